The monoisotopic (exact) mass is 395 g/mol. The van der Waals surface area contributed by atoms with Crippen molar-refractivity contribution in [1.82, 2.24) is 20.2 Å². The van der Waals surface area contributed by atoms with Crippen LogP contribution in [0.15, 0.2) is 15.7 Å². The van der Waals surface area contributed by atoms with Gasteiger partial charge in [0.25, 0.3) is 0 Å². The van der Waals surface area contributed by atoms with Crippen LogP contribution >= 0.6 is 34.4 Å². The number of esters is 1. The minimum absolute atomic E-state index is 0.294. The molecule has 0 radical (unpaired) electrons. The summed E-state index contributed by atoms with van der Waals surface area (Å²) in [5.74, 6) is -0.321. The van der Waals surface area contributed by atoms with E-state index in [0.717, 1.165) is 30.3 Å². The number of aryl methyl sites for hydroxylation is 1. The Bertz CT molecular complexity index is 906. The maximum absolute atomic E-state index is 12.1. The summed E-state index contributed by atoms with van der Waals surface area (Å²) in [6.45, 7) is 8.13. The molecule has 1 N–H and O–H groups in total. The van der Waals surface area contributed by atoms with Crippen LogP contribution in [0.1, 0.15) is 36.0 Å². The second kappa shape index (κ2) is 7.63. The van der Waals surface area contributed by atoms with Crippen molar-refractivity contribution in [3.05, 3.63) is 16.8 Å². The number of ether oxygens (including phenoxy) is 1. The van der Waals surface area contributed by atoms with Gasteiger partial charge in [0.2, 0.25) is 5.13 Å². The predicted molar refractivity (Wildman–Crippen MR) is 101 cm³/mol. The second-order valence-electron chi connectivity index (χ2n) is 5.41. The van der Waals surface area contributed by atoms with Gasteiger partial charge in [0, 0.05) is 11.4 Å². The number of nitrogens with zero attached hydrogens (tertiary/aromatic N) is 4. The van der Waals surface area contributed by atoms with Crippen LogP contribution in [0, 0.1) is 6.92 Å². The zero-order chi connectivity index (χ0) is 18.0. The molecule has 0 atom stereocenters. The normalized spacial score (nSPS) is 11.2. The molecule has 7 nitrogen and oxygen atoms in total. The van der Waals surface area contributed by atoms with Crippen LogP contribution in [-0.2, 0) is 4.74 Å². The number of fused-ring (bicyclic) bond motifs is 1. The summed E-state index contributed by atoms with van der Waals surface area (Å²) < 4.78 is 5.91. The Morgan fingerprint density at radius 2 is 2.12 bits per heavy atom. The zero-order valence-electron chi connectivity index (χ0n) is 14.2. The van der Waals surface area contributed by atoms with Gasteiger partial charge in [-0.1, -0.05) is 11.3 Å². The molecule has 0 aromatic carbocycles. The molecule has 0 spiro atoms. The number of thiophene rings is 1. The number of nitrogens with one attached hydrogen (secondary N) is 1. The second-order valence-corrected chi connectivity index (χ2v) is 8.62. The van der Waals surface area contributed by atoms with Crippen molar-refractivity contribution < 1.29 is 9.53 Å². The molecule has 3 aromatic heterocycles. The van der Waals surface area contributed by atoms with E-state index in [1.54, 1.807) is 6.92 Å². The fourth-order valence-electron chi connectivity index (χ4n) is 2.15. The van der Waals surface area contributed by atoms with E-state index in [0.29, 0.717) is 17.5 Å². The lowest BCUT2D eigenvalue weighted by molar-refractivity contribution is 0.0531. The summed E-state index contributed by atoms with van der Waals surface area (Å²) in [6.07, 6.45) is 1.50. The van der Waals surface area contributed by atoms with Crippen LogP contribution in [0.3, 0.4) is 0 Å². The molecule has 3 rings (SSSR count). The number of anilines is 1. The van der Waals surface area contributed by atoms with Gasteiger partial charge in [0.05, 0.1) is 6.61 Å². The van der Waals surface area contributed by atoms with E-state index >= 15 is 0 Å². The first kappa shape index (κ1) is 18.0. The molecule has 132 valence electrons. The van der Waals surface area contributed by atoms with Crippen LogP contribution in [0.4, 0.5) is 5.13 Å². The van der Waals surface area contributed by atoms with Crippen LogP contribution in [0.25, 0.3) is 10.2 Å². The van der Waals surface area contributed by atoms with E-state index in [1.807, 2.05) is 20.8 Å². The van der Waals surface area contributed by atoms with Gasteiger partial charge in [0.1, 0.15) is 21.1 Å². The Kier molecular flexibility index (Phi) is 5.50. The molecular weight excluding hydrogens is 378 g/mol. The lowest BCUT2D eigenvalue weighted by Gasteiger charge is -2.03. The molecule has 25 heavy (non-hydrogen) atoms. The standard InChI is InChI=1S/C15H17N5O2S3/c1-5-22-13(21)10-8(4)9-11(23-10)16-6-17-12(9)24-15-20-19-14(25-15)18-7(2)3/h6-7H,5H2,1-4H3,(H,18,19). The van der Waals surface area contributed by atoms with E-state index in [9.17, 15) is 4.79 Å². The molecule has 10 heteroatoms. The number of aromatic nitrogens is 4. The van der Waals surface area contributed by atoms with E-state index < -0.39 is 0 Å². The Balaban J connectivity index is 1.94. The van der Waals surface area contributed by atoms with Gasteiger partial charge >= 0.3 is 5.97 Å². The molecule has 0 aliphatic carbocycles. The van der Waals surface area contributed by atoms with E-state index in [1.165, 1.54) is 40.8 Å². The van der Waals surface area contributed by atoms with Crippen molar-refractivity contribution >= 4 is 55.8 Å². The minimum atomic E-state index is -0.321. The number of carbonyl (C=O) groups is 1. The van der Waals surface area contributed by atoms with Crippen molar-refractivity contribution in [2.45, 2.75) is 43.1 Å². The Morgan fingerprint density at radius 3 is 2.84 bits per heavy atom. The Morgan fingerprint density at radius 1 is 1.32 bits per heavy atom. The Hall–Kier alpha value is -1.78. The highest BCUT2D eigenvalue weighted by atomic mass is 32.2. The van der Waals surface area contributed by atoms with Crippen LogP contribution < -0.4 is 5.32 Å². The highest BCUT2D eigenvalue weighted by Gasteiger charge is 2.21. The lowest BCUT2D eigenvalue weighted by Crippen LogP contribution is -2.08. The summed E-state index contributed by atoms with van der Waals surface area (Å²) in [5.41, 5.74) is 0.839. The van der Waals surface area contributed by atoms with Crippen LogP contribution in [0.5, 0.6) is 0 Å². The topological polar surface area (TPSA) is 89.9 Å². The Labute approximate surface area is 157 Å². The van der Waals surface area contributed by atoms with Crippen molar-refractivity contribution in [3.8, 4) is 0 Å². The van der Waals surface area contributed by atoms with E-state index in [-0.39, 0.29) is 5.97 Å². The average molecular weight is 396 g/mol. The van der Waals surface area contributed by atoms with E-state index in [2.05, 4.69) is 25.5 Å². The van der Waals surface area contributed by atoms with Crippen molar-refractivity contribution in [2.75, 3.05) is 11.9 Å². The molecule has 3 heterocycles. The first-order valence-electron chi connectivity index (χ1n) is 7.68. The van der Waals surface area contributed by atoms with Gasteiger partial charge in [-0.25, -0.2) is 14.8 Å². The first-order valence-corrected chi connectivity index (χ1v) is 10.1. The van der Waals surface area contributed by atoms with Gasteiger partial charge in [-0.2, -0.15) is 0 Å². The van der Waals surface area contributed by atoms with Gasteiger partial charge < -0.3 is 10.1 Å². The van der Waals surface area contributed by atoms with Gasteiger partial charge in [-0.15, -0.1) is 21.5 Å². The molecule has 3 aromatic rings. The third-order valence-corrected chi connectivity index (χ3v) is 6.24. The number of hydrogen-bond acceptors (Lipinski definition) is 10. The van der Waals surface area contributed by atoms with Gasteiger partial charge in [-0.3, -0.25) is 0 Å². The largest absolute Gasteiger partial charge is 0.462 e. The van der Waals surface area contributed by atoms with Crippen molar-refractivity contribution in [2.24, 2.45) is 0 Å². The number of hydrogen-bond donors (Lipinski definition) is 1. The smallest absolute Gasteiger partial charge is 0.348 e. The first-order chi connectivity index (χ1) is 12.0. The number of carbonyl (C=O) groups excluding carboxylic acids is 1. The van der Waals surface area contributed by atoms with Gasteiger partial charge in [0.15, 0.2) is 4.34 Å². The maximum atomic E-state index is 12.1. The minimum Gasteiger partial charge on any atom is -0.462 e. The molecule has 0 bridgehead atoms. The van der Waals surface area contributed by atoms with E-state index in [4.69, 9.17) is 4.74 Å². The maximum Gasteiger partial charge on any atom is 0.348 e. The summed E-state index contributed by atoms with van der Waals surface area (Å²) in [7, 11) is 0. The molecule has 0 fully saturated rings. The molecule has 0 amide bonds. The summed E-state index contributed by atoms with van der Waals surface area (Å²) in [5, 5.41) is 14.0. The molecular formula is C15H17N5O2S3. The SMILES string of the molecule is CCOC(=O)c1sc2ncnc(Sc3nnc(NC(C)C)s3)c2c1C. The lowest BCUT2D eigenvalue weighted by atomic mass is 10.2. The number of rotatable bonds is 6. The van der Waals surface area contributed by atoms with Gasteiger partial charge in [-0.05, 0) is 45.0 Å². The molecule has 0 saturated heterocycles. The third-order valence-electron chi connectivity index (χ3n) is 3.16. The van der Waals surface area contributed by atoms with Crippen LogP contribution in [-0.4, -0.2) is 38.8 Å². The molecule has 0 saturated carbocycles. The average Bonchev–Trinajstić information content (AvgIpc) is 3.12. The van der Waals surface area contributed by atoms with Crippen molar-refractivity contribution in [1.29, 1.82) is 0 Å². The fourth-order valence-corrected chi connectivity index (χ4v) is 5.22. The van der Waals surface area contributed by atoms with Crippen molar-refractivity contribution in [3.63, 3.8) is 0 Å². The summed E-state index contributed by atoms with van der Waals surface area (Å²) in [4.78, 5) is 22.1. The highest BCUT2D eigenvalue weighted by Crippen LogP contribution is 2.39. The predicted octanol–water partition coefficient (Wildman–Crippen LogP) is 4.00. The summed E-state index contributed by atoms with van der Waals surface area (Å²) >= 11 is 4.22. The molecule has 0 aliphatic rings. The quantitative estimate of drug-likeness (QED) is 0.495. The third kappa shape index (κ3) is 3.91. The van der Waals surface area contributed by atoms with Crippen LogP contribution in [0.2, 0.25) is 0 Å². The molecule has 0 aliphatic heterocycles. The summed E-state index contributed by atoms with van der Waals surface area (Å²) in [6, 6.07) is 0.294. The zero-order valence-corrected chi connectivity index (χ0v) is 16.6. The highest BCUT2D eigenvalue weighted by molar-refractivity contribution is 8.01. The molecule has 0 unspecified atom stereocenters. The fraction of sp³-hybridized carbons (Fsp3) is 0.400.